The number of rotatable bonds is 2. The molecular weight excluding hydrogens is 339 g/mol. The lowest BCUT2D eigenvalue weighted by Gasteiger charge is -2.42. The lowest BCUT2D eigenvalue weighted by atomic mass is 9.98. The van der Waals surface area contributed by atoms with Crippen molar-refractivity contribution < 1.29 is 14.0 Å². The predicted molar refractivity (Wildman–Crippen MR) is 78.9 cm³/mol. The van der Waals surface area contributed by atoms with E-state index in [0.29, 0.717) is 16.6 Å². The standard InChI is InChI=1S/C15H16BrFN2O2/c16-14-10(4-3-5-11(14)17)8-18-9-13(20)19-7-2-1-6-12(19)15(18)21/h3-5,12H,1-2,6-9H2. The van der Waals surface area contributed by atoms with Crippen LogP contribution in [0, 0.1) is 5.82 Å². The number of benzene rings is 1. The minimum absolute atomic E-state index is 0.00757. The van der Waals surface area contributed by atoms with E-state index in [0.717, 1.165) is 19.3 Å². The lowest BCUT2D eigenvalue weighted by molar-refractivity contribution is -0.158. The van der Waals surface area contributed by atoms with Crippen molar-refractivity contribution in [2.75, 3.05) is 13.1 Å². The molecule has 2 fully saturated rings. The Kier molecular flexibility index (Phi) is 3.97. The minimum atomic E-state index is -0.359. The molecule has 1 unspecified atom stereocenters. The fourth-order valence-corrected chi connectivity index (χ4v) is 3.43. The van der Waals surface area contributed by atoms with Crippen molar-refractivity contribution in [1.82, 2.24) is 9.80 Å². The van der Waals surface area contributed by atoms with Crippen LogP contribution in [-0.4, -0.2) is 40.7 Å². The number of piperazine rings is 1. The Bertz CT molecular complexity index is 593. The molecule has 0 bridgehead atoms. The van der Waals surface area contributed by atoms with Gasteiger partial charge >= 0.3 is 0 Å². The van der Waals surface area contributed by atoms with Crippen LogP contribution >= 0.6 is 15.9 Å². The van der Waals surface area contributed by atoms with Crippen molar-refractivity contribution in [2.24, 2.45) is 0 Å². The van der Waals surface area contributed by atoms with Crippen LogP contribution in [0.3, 0.4) is 0 Å². The SMILES string of the molecule is O=C1C2CCCCN2C(=O)CN1Cc1cccc(F)c1Br. The summed E-state index contributed by atoms with van der Waals surface area (Å²) in [4.78, 5) is 27.9. The average Bonchev–Trinajstić information content (AvgIpc) is 2.49. The summed E-state index contributed by atoms with van der Waals surface area (Å²) in [6.07, 6.45) is 2.66. The van der Waals surface area contributed by atoms with Gasteiger partial charge in [-0.1, -0.05) is 12.1 Å². The molecule has 2 heterocycles. The molecule has 1 atom stereocenters. The van der Waals surface area contributed by atoms with E-state index in [2.05, 4.69) is 15.9 Å². The third kappa shape index (κ3) is 2.69. The maximum Gasteiger partial charge on any atom is 0.246 e. The van der Waals surface area contributed by atoms with Crippen LogP contribution in [0.4, 0.5) is 4.39 Å². The Balaban J connectivity index is 1.81. The van der Waals surface area contributed by atoms with Crippen LogP contribution in [0.1, 0.15) is 24.8 Å². The van der Waals surface area contributed by atoms with E-state index in [1.165, 1.54) is 11.0 Å². The Morgan fingerprint density at radius 3 is 2.90 bits per heavy atom. The number of amides is 2. The highest BCUT2D eigenvalue weighted by Gasteiger charge is 2.40. The van der Waals surface area contributed by atoms with Gasteiger partial charge in [0.1, 0.15) is 18.4 Å². The fourth-order valence-electron chi connectivity index (χ4n) is 3.04. The quantitative estimate of drug-likeness (QED) is 0.817. The van der Waals surface area contributed by atoms with Gasteiger partial charge in [0.15, 0.2) is 0 Å². The molecule has 1 aromatic rings. The molecule has 0 spiro atoms. The summed E-state index contributed by atoms with van der Waals surface area (Å²) >= 11 is 3.20. The van der Waals surface area contributed by atoms with E-state index in [-0.39, 0.29) is 36.8 Å². The van der Waals surface area contributed by atoms with Gasteiger partial charge in [-0.05, 0) is 46.8 Å². The number of hydrogen-bond donors (Lipinski definition) is 0. The molecule has 4 nitrogen and oxygen atoms in total. The van der Waals surface area contributed by atoms with Crippen molar-refractivity contribution in [3.05, 3.63) is 34.1 Å². The van der Waals surface area contributed by atoms with Crippen LogP contribution in [0.15, 0.2) is 22.7 Å². The van der Waals surface area contributed by atoms with E-state index in [4.69, 9.17) is 0 Å². The maximum absolute atomic E-state index is 13.6. The normalized spacial score (nSPS) is 22.5. The molecule has 3 rings (SSSR count). The smallest absolute Gasteiger partial charge is 0.246 e. The second kappa shape index (κ2) is 5.75. The summed E-state index contributed by atoms with van der Waals surface area (Å²) in [5.74, 6) is -0.389. The first-order valence-corrected chi connectivity index (χ1v) is 7.88. The molecule has 2 amide bonds. The zero-order valence-corrected chi connectivity index (χ0v) is 13.1. The van der Waals surface area contributed by atoms with E-state index in [9.17, 15) is 14.0 Å². The lowest BCUT2D eigenvalue weighted by Crippen LogP contribution is -2.60. The summed E-state index contributed by atoms with van der Waals surface area (Å²) in [7, 11) is 0. The first-order chi connectivity index (χ1) is 10.1. The highest BCUT2D eigenvalue weighted by Crippen LogP contribution is 2.26. The van der Waals surface area contributed by atoms with E-state index >= 15 is 0 Å². The van der Waals surface area contributed by atoms with Gasteiger partial charge in [-0.2, -0.15) is 0 Å². The number of piperidine rings is 1. The predicted octanol–water partition coefficient (Wildman–Crippen LogP) is 2.31. The zero-order valence-electron chi connectivity index (χ0n) is 11.5. The van der Waals surface area contributed by atoms with Crippen molar-refractivity contribution in [1.29, 1.82) is 0 Å². The molecule has 0 N–H and O–H groups in total. The first kappa shape index (κ1) is 14.5. The number of nitrogens with zero attached hydrogens (tertiary/aromatic N) is 2. The summed E-state index contributed by atoms with van der Waals surface area (Å²) in [5.41, 5.74) is 0.681. The highest BCUT2D eigenvalue weighted by atomic mass is 79.9. The second-order valence-corrected chi connectivity index (χ2v) is 6.30. The number of carbonyl (C=O) groups excluding carboxylic acids is 2. The number of halogens is 2. The van der Waals surface area contributed by atoms with Gasteiger partial charge in [0, 0.05) is 13.1 Å². The molecule has 21 heavy (non-hydrogen) atoms. The molecule has 0 aliphatic carbocycles. The summed E-state index contributed by atoms with van der Waals surface area (Å²) < 4.78 is 13.9. The molecule has 112 valence electrons. The molecule has 0 aromatic heterocycles. The summed E-state index contributed by atoms with van der Waals surface area (Å²) in [5, 5.41) is 0. The van der Waals surface area contributed by atoms with Crippen molar-refractivity contribution in [2.45, 2.75) is 31.8 Å². The molecule has 2 aliphatic rings. The number of carbonyl (C=O) groups is 2. The van der Waals surface area contributed by atoms with Gasteiger partial charge < -0.3 is 9.80 Å². The first-order valence-electron chi connectivity index (χ1n) is 7.09. The molecule has 2 aliphatic heterocycles. The molecular formula is C15H16BrFN2O2. The van der Waals surface area contributed by atoms with Gasteiger partial charge in [-0.3, -0.25) is 9.59 Å². The molecule has 0 radical (unpaired) electrons. The van der Waals surface area contributed by atoms with Crippen molar-refractivity contribution >= 4 is 27.7 Å². The Morgan fingerprint density at radius 2 is 2.10 bits per heavy atom. The van der Waals surface area contributed by atoms with Gasteiger partial charge in [0.25, 0.3) is 0 Å². The molecule has 2 saturated heterocycles. The summed E-state index contributed by atoms with van der Waals surface area (Å²) in [6.45, 7) is 1.01. The Morgan fingerprint density at radius 1 is 1.29 bits per heavy atom. The number of hydrogen-bond acceptors (Lipinski definition) is 2. The van der Waals surface area contributed by atoms with E-state index in [1.807, 2.05) is 0 Å². The zero-order chi connectivity index (χ0) is 15.0. The average molecular weight is 355 g/mol. The Labute approximate surface area is 131 Å². The van der Waals surface area contributed by atoms with E-state index in [1.54, 1.807) is 17.0 Å². The van der Waals surface area contributed by atoms with Gasteiger partial charge in [-0.25, -0.2) is 4.39 Å². The Hall–Kier alpha value is -1.43. The van der Waals surface area contributed by atoms with Gasteiger partial charge in [0.2, 0.25) is 11.8 Å². The third-order valence-corrected chi connectivity index (χ3v) is 5.03. The van der Waals surface area contributed by atoms with Crippen molar-refractivity contribution in [3.63, 3.8) is 0 Å². The largest absolute Gasteiger partial charge is 0.329 e. The second-order valence-electron chi connectivity index (χ2n) is 5.51. The molecule has 1 aromatic carbocycles. The minimum Gasteiger partial charge on any atom is -0.329 e. The van der Waals surface area contributed by atoms with Gasteiger partial charge in [-0.15, -0.1) is 0 Å². The van der Waals surface area contributed by atoms with Crippen LogP contribution < -0.4 is 0 Å². The number of fused-ring (bicyclic) bond motifs is 1. The summed E-state index contributed by atoms with van der Waals surface area (Å²) in [6, 6.07) is 4.41. The van der Waals surface area contributed by atoms with Crippen LogP contribution in [0.25, 0.3) is 0 Å². The molecule has 0 saturated carbocycles. The third-order valence-electron chi connectivity index (χ3n) is 4.14. The molecule has 6 heteroatoms. The highest BCUT2D eigenvalue weighted by molar-refractivity contribution is 9.10. The topological polar surface area (TPSA) is 40.6 Å². The van der Waals surface area contributed by atoms with Gasteiger partial charge in [0.05, 0.1) is 4.47 Å². The monoisotopic (exact) mass is 354 g/mol. The van der Waals surface area contributed by atoms with E-state index < -0.39 is 0 Å². The van der Waals surface area contributed by atoms with Crippen LogP contribution in [0.2, 0.25) is 0 Å². The maximum atomic E-state index is 13.6. The van der Waals surface area contributed by atoms with Crippen LogP contribution in [0.5, 0.6) is 0 Å². The van der Waals surface area contributed by atoms with Crippen LogP contribution in [-0.2, 0) is 16.1 Å². The van der Waals surface area contributed by atoms with Crippen molar-refractivity contribution in [3.8, 4) is 0 Å². The fraction of sp³-hybridized carbons (Fsp3) is 0.467.